The largest absolute Gasteiger partial charge is 0.307 e. The summed E-state index contributed by atoms with van der Waals surface area (Å²) in [7, 11) is 0. The molecular formula is C47H27N5. The smallest absolute Gasteiger partial charge is 0.164 e. The Hall–Kier alpha value is -7.11. The summed E-state index contributed by atoms with van der Waals surface area (Å²) in [5.41, 5.74) is 9.86. The van der Waals surface area contributed by atoms with Crippen molar-refractivity contribution in [2.45, 2.75) is 0 Å². The zero-order valence-electron chi connectivity index (χ0n) is 27.8. The molecule has 0 atom stereocenters. The number of aromatic nitrogens is 5. The molecular weight excluding hydrogens is 635 g/mol. The molecule has 0 fully saturated rings. The van der Waals surface area contributed by atoms with E-state index in [2.05, 4.69) is 136 Å². The quantitative estimate of drug-likeness (QED) is 0.177. The second kappa shape index (κ2) is 10.2. The van der Waals surface area contributed by atoms with Crippen LogP contribution >= 0.6 is 0 Å². The Morgan fingerprint density at radius 1 is 0.308 bits per heavy atom. The van der Waals surface area contributed by atoms with E-state index in [1.165, 1.54) is 48.9 Å². The predicted octanol–water partition coefficient (Wildman–Crippen LogP) is 11.7. The fourth-order valence-corrected chi connectivity index (χ4v) is 8.69. The summed E-state index contributed by atoms with van der Waals surface area (Å²) >= 11 is 0. The van der Waals surface area contributed by atoms with Gasteiger partial charge in [0.2, 0.25) is 0 Å². The van der Waals surface area contributed by atoms with E-state index in [-0.39, 0.29) is 0 Å². The van der Waals surface area contributed by atoms with E-state index in [0.717, 1.165) is 44.0 Å². The average molecular weight is 662 g/mol. The van der Waals surface area contributed by atoms with Crippen LogP contribution in [-0.2, 0) is 0 Å². The van der Waals surface area contributed by atoms with Gasteiger partial charge < -0.3 is 8.80 Å². The molecule has 0 N–H and O–H groups in total. The molecule has 12 rings (SSSR count). The number of hydrogen-bond donors (Lipinski definition) is 0. The molecule has 4 aromatic heterocycles. The van der Waals surface area contributed by atoms with Crippen LogP contribution in [0.3, 0.4) is 0 Å². The third-order valence-electron chi connectivity index (χ3n) is 10.9. The van der Waals surface area contributed by atoms with Crippen LogP contribution in [0.25, 0.3) is 110 Å². The van der Waals surface area contributed by atoms with Crippen molar-refractivity contribution in [3.8, 4) is 34.2 Å². The van der Waals surface area contributed by atoms with Gasteiger partial charge in [0.15, 0.2) is 17.5 Å². The van der Waals surface area contributed by atoms with Crippen molar-refractivity contribution in [3.05, 3.63) is 164 Å². The molecule has 12 aromatic rings. The van der Waals surface area contributed by atoms with Crippen molar-refractivity contribution in [3.63, 3.8) is 0 Å². The number of para-hydroxylation sites is 2. The Morgan fingerprint density at radius 3 is 1.60 bits per heavy atom. The Bertz CT molecular complexity index is 3340. The second-order valence-electron chi connectivity index (χ2n) is 13.6. The zero-order valence-corrected chi connectivity index (χ0v) is 27.8. The number of nitrogens with zero attached hydrogens (tertiary/aromatic N) is 5. The van der Waals surface area contributed by atoms with E-state index >= 15 is 0 Å². The van der Waals surface area contributed by atoms with Crippen LogP contribution in [0, 0.1) is 0 Å². The molecule has 0 aliphatic heterocycles. The summed E-state index contributed by atoms with van der Waals surface area (Å²) in [6.07, 6.45) is 0. The molecule has 0 saturated heterocycles. The van der Waals surface area contributed by atoms with Gasteiger partial charge in [-0.25, -0.2) is 15.0 Å². The maximum atomic E-state index is 5.23. The summed E-state index contributed by atoms with van der Waals surface area (Å²) in [5.74, 6) is 1.94. The van der Waals surface area contributed by atoms with Gasteiger partial charge in [-0.3, -0.25) is 0 Å². The van der Waals surface area contributed by atoms with Crippen molar-refractivity contribution >= 4 is 76.2 Å². The molecule has 4 heterocycles. The van der Waals surface area contributed by atoms with E-state index < -0.39 is 0 Å². The summed E-state index contributed by atoms with van der Waals surface area (Å²) in [4.78, 5) is 15.5. The van der Waals surface area contributed by atoms with Gasteiger partial charge in [-0.1, -0.05) is 133 Å². The number of fused-ring (bicyclic) bond motifs is 8. The molecule has 5 heteroatoms. The van der Waals surface area contributed by atoms with Crippen LogP contribution in [0.1, 0.15) is 0 Å². The lowest BCUT2D eigenvalue weighted by molar-refractivity contribution is 1.08. The first-order valence-electron chi connectivity index (χ1n) is 17.6. The van der Waals surface area contributed by atoms with Gasteiger partial charge in [0.25, 0.3) is 0 Å². The van der Waals surface area contributed by atoms with Crippen LogP contribution in [0.4, 0.5) is 0 Å². The first-order valence-corrected chi connectivity index (χ1v) is 17.6. The Morgan fingerprint density at radius 2 is 0.865 bits per heavy atom. The molecule has 0 unspecified atom stereocenters. The standard InChI is InChI=1S/C47H27N5/c1-3-12-30(13-4-1)45-48-46(31-14-5-2-6-15-31)50-47(49-45)35-26-27-39-44-42(35)34-18-8-10-20-37(34)51(44)38-21-11-16-28-22-23-29-24-25-33-32-17-7-9-19-36(32)52(39)43(33)41(29)40(28)38/h1-27H. The van der Waals surface area contributed by atoms with E-state index in [1.807, 2.05) is 36.4 Å². The highest BCUT2D eigenvalue weighted by atomic mass is 15.0. The lowest BCUT2D eigenvalue weighted by Gasteiger charge is -2.15. The normalized spacial score (nSPS) is 12.2. The first kappa shape index (κ1) is 27.7. The van der Waals surface area contributed by atoms with E-state index in [1.54, 1.807) is 0 Å². The minimum Gasteiger partial charge on any atom is -0.307 e. The van der Waals surface area contributed by atoms with Gasteiger partial charge in [-0.15, -0.1) is 0 Å². The molecule has 0 aliphatic carbocycles. The number of hydrogen-bond acceptors (Lipinski definition) is 3. The molecule has 240 valence electrons. The molecule has 8 aromatic carbocycles. The fourth-order valence-electron chi connectivity index (χ4n) is 8.69. The monoisotopic (exact) mass is 661 g/mol. The molecule has 0 radical (unpaired) electrons. The van der Waals surface area contributed by atoms with Crippen LogP contribution < -0.4 is 0 Å². The van der Waals surface area contributed by atoms with E-state index in [4.69, 9.17) is 15.0 Å². The van der Waals surface area contributed by atoms with E-state index in [0.29, 0.717) is 17.5 Å². The minimum atomic E-state index is 0.646. The van der Waals surface area contributed by atoms with Crippen molar-refractivity contribution in [1.82, 2.24) is 23.8 Å². The lowest BCUT2D eigenvalue weighted by atomic mass is 9.98. The maximum absolute atomic E-state index is 5.23. The topological polar surface area (TPSA) is 47.5 Å². The van der Waals surface area contributed by atoms with Crippen LogP contribution in [0.5, 0.6) is 0 Å². The molecule has 0 aliphatic rings. The molecule has 0 bridgehead atoms. The predicted molar refractivity (Wildman–Crippen MR) is 214 cm³/mol. The summed E-state index contributed by atoms with van der Waals surface area (Å²) in [6, 6.07) is 58.3. The Labute approximate surface area is 297 Å². The Kier molecular flexibility index (Phi) is 5.44. The van der Waals surface area contributed by atoms with Gasteiger partial charge in [0.1, 0.15) is 0 Å². The maximum Gasteiger partial charge on any atom is 0.164 e. The van der Waals surface area contributed by atoms with Gasteiger partial charge in [-0.05, 0) is 41.1 Å². The van der Waals surface area contributed by atoms with E-state index in [9.17, 15) is 0 Å². The summed E-state index contributed by atoms with van der Waals surface area (Å²) in [6.45, 7) is 0. The SMILES string of the molecule is c1ccc(-c2nc(-c3ccccc3)nc(-c3ccc4c5c3c3ccccc3n5c3cccc5ccc6ccc7c8ccccc8n4c7c6c53)n2)cc1. The first-order chi connectivity index (χ1) is 25.8. The van der Waals surface area contributed by atoms with Crippen LogP contribution in [0.15, 0.2) is 164 Å². The third-order valence-corrected chi connectivity index (χ3v) is 10.9. The zero-order chi connectivity index (χ0) is 33.9. The fraction of sp³-hybridized carbons (Fsp3) is 0. The Balaban J connectivity index is 1.35. The molecule has 52 heavy (non-hydrogen) atoms. The molecule has 0 saturated carbocycles. The van der Waals surface area contributed by atoms with Crippen LogP contribution in [-0.4, -0.2) is 23.8 Å². The highest BCUT2D eigenvalue weighted by Crippen LogP contribution is 2.45. The molecule has 0 spiro atoms. The highest BCUT2D eigenvalue weighted by molar-refractivity contribution is 6.31. The summed E-state index contributed by atoms with van der Waals surface area (Å²) < 4.78 is 4.99. The van der Waals surface area contributed by atoms with Crippen LogP contribution in [0.2, 0.25) is 0 Å². The molecule has 0 amide bonds. The third kappa shape index (κ3) is 3.64. The molecule has 5 nitrogen and oxygen atoms in total. The number of rotatable bonds is 3. The van der Waals surface area contributed by atoms with Gasteiger partial charge in [0, 0.05) is 49.0 Å². The van der Waals surface area contributed by atoms with Gasteiger partial charge >= 0.3 is 0 Å². The number of benzene rings is 8. The minimum absolute atomic E-state index is 0.646. The van der Waals surface area contributed by atoms with Crippen molar-refractivity contribution in [2.24, 2.45) is 0 Å². The summed E-state index contributed by atoms with van der Waals surface area (Å²) in [5, 5.41) is 9.75. The van der Waals surface area contributed by atoms with Crippen molar-refractivity contribution in [2.75, 3.05) is 0 Å². The van der Waals surface area contributed by atoms with Crippen molar-refractivity contribution < 1.29 is 0 Å². The second-order valence-corrected chi connectivity index (χ2v) is 13.6. The lowest BCUT2D eigenvalue weighted by Crippen LogP contribution is -2.01. The van der Waals surface area contributed by atoms with Crippen molar-refractivity contribution in [1.29, 1.82) is 0 Å². The van der Waals surface area contributed by atoms with Gasteiger partial charge in [-0.2, -0.15) is 0 Å². The van der Waals surface area contributed by atoms with Gasteiger partial charge in [0.05, 0.1) is 33.1 Å². The average Bonchev–Trinajstić information content (AvgIpc) is 3.74. The highest BCUT2D eigenvalue weighted by Gasteiger charge is 2.24.